The van der Waals surface area contributed by atoms with Crippen LogP contribution in [0.15, 0.2) is 58.5 Å². The molecule has 0 bridgehead atoms. The maximum Gasteiger partial charge on any atom is 0.0458 e. The molecule has 2 rings (SSSR count). The van der Waals surface area contributed by atoms with Gasteiger partial charge in [-0.25, -0.2) is 0 Å². The Morgan fingerprint density at radius 2 is 1.12 bits per heavy atom. The van der Waals surface area contributed by atoms with Crippen molar-refractivity contribution in [2.24, 2.45) is 15.4 Å². The van der Waals surface area contributed by atoms with E-state index < -0.39 is 0 Å². The molecule has 0 aromatic heterocycles. The van der Waals surface area contributed by atoms with E-state index >= 15 is 0 Å². The summed E-state index contributed by atoms with van der Waals surface area (Å²) in [5.74, 6) is -0.0572. The molecule has 0 N–H and O–H groups in total. The van der Waals surface area contributed by atoms with E-state index in [9.17, 15) is 10.2 Å². The molecule has 0 saturated carbocycles. The van der Waals surface area contributed by atoms with Crippen LogP contribution in [0.4, 0.5) is 0 Å². The molecule has 142 valence electrons. The third-order valence-corrected chi connectivity index (χ3v) is 3.34. The van der Waals surface area contributed by atoms with E-state index in [4.69, 9.17) is 0 Å². The first-order valence-electron chi connectivity index (χ1n) is 7.50. The van der Waals surface area contributed by atoms with Gasteiger partial charge in [-0.05, 0) is 11.1 Å². The summed E-state index contributed by atoms with van der Waals surface area (Å²) in [5, 5.41) is 23.2. The summed E-state index contributed by atoms with van der Waals surface area (Å²) in [7, 11) is 0. The van der Waals surface area contributed by atoms with E-state index in [1.165, 1.54) is 12.1 Å². The summed E-state index contributed by atoms with van der Waals surface area (Å²) < 4.78 is 0. The zero-order valence-corrected chi connectivity index (χ0v) is 16.6. The van der Waals surface area contributed by atoms with Crippen LogP contribution >= 0.6 is 0 Å². The van der Waals surface area contributed by atoms with Crippen molar-refractivity contribution in [2.75, 3.05) is 13.1 Å². The summed E-state index contributed by atoms with van der Waals surface area (Å²) in [6.07, 6.45) is 3.22. The maximum absolute atomic E-state index is 11.6. The standard InChI is InChI=1S/C19H22N2O2.Mo.2O/c1-19(2,13-20-11-15-7-3-5-9-17(15)22)14-21-12-16-8-4-6-10-18(16)23;;;/h3-12,22-23H,13-14H2,1-2H3;;;/q;;2*-2/p-2. The minimum Gasteiger partial charge on any atom is -2.00 e. The normalized spacial score (nSPS) is 10.8. The smallest absolute Gasteiger partial charge is 0.0458 e. The van der Waals surface area contributed by atoms with Gasteiger partial charge in [0.25, 0.3) is 0 Å². The van der Waals surface area contributed by atoms with Crippen LogP contribution in [0.5, 0.6) is 11.5 Å². The molecule has 0 amide bonds. The zero-order valence-electron chi connectivity index (χ0n) is 14.6. The first-order valence-corrected chi connectivity index (χ1v) is 7.50. The molecule has 0 spiro atoms. The van der Waals surface area contributed by atoms with E-state index in [2.05, 4.69) is 9.98 Å². The molecule has 0 unspecified atom stereocenters. The van der Waals surface area contributed by atoms with Crippen LogP contribution in [0.1, 0.15) is 25.0 Å². The number of rotatable bonds is 6. The van der Waals surface area contributed by atoms with Gasteiger partial charge in [0.2, 0.25) is 0 Å². The molecule has 0 heterocycles. The Hall–Kier alpha value is -2.01. The molecule has 6 nitrogen and oxygen atoms in total. The third kappa shape index (κ3) is 8.38. The average molecular weight is 436 g/mol. The second-order valence-electron chi connectivity index (χ2n) is 6.18. The van der Waals surface area contributed by atoms with Crippen LogP contribution in [0.3, 0.4) is 0 Å². The topological polar surface area (TPSA) is 128 Å². The van der Waals surface area contributed by atoms with Crippen molar-refractivity contribution in [2.45, 2.75) is 13.8 Å². The minimum atomic E-state index is -0.150. The van der Waals surface area contributed by atoms with E-state index in [0.29, 0.717) is 24.2 Å². The van der Waals surface area contributed by atoms with Crippen molar-refractivity contribution in [3.63, 3.8) is 0 Å². The molecular weight excluding hydrogens is 416 g/mol. The molecule has 0 aliphatic heterocycles. The van der Waals surface area contributed by atoms with Gasteiger partial charge in [0.1, 0.15) is 0 Å². The SMILES string of the molecule is CC(C)(CN=Cc1ccccc1[O-])CN=Cc1ccccc1[O-].[Mo].[O-2].[O-2]. The summed E-state index contributed by atoms with van der Waals surface area (Å²) in [6.45, 7) is 5.21. The second kappa shape index (κ2) is 12.4. The van der Waals surface area contributed by atoms with E-state index in [-0.39, 0.29) is 48.9 Å². The van der Waals surface area contributed by atoms with Crippen LogP contribution in [0.25, 0.3) is 0 Å². The van der Waals surface area contributed by atoms with Gasteiger partial charge in [-0.15, -0.1) is 11.5 Å². The Kier molecular flexibility index (Phi) is 12.5. The average Bonchev–Trinajstić information content (AvgIpc) is 2.51. The number of aliphatic imine (C=N–C) groups is 2. The number of para-hydroxylation sites is 2. The summed E-state index contributed by atoms with van der Waals surface area (Å²) in [5.41, 5.74) is 1.03. The fourth-order valence-electron chi connectivity index (χ4n) is 2.01. The van der Waals surface area contributed by atoms with E-state index in [1.807, 2.05) is 26.0 Å². The fourth-order valence-corrected chi connectivity index (χ4v) is 2.01. The summed E-state index contributed by atoms with van der Waals surface area (Å²) in [4.78, 5) is 8.71. The first kappa shape index (κ1) is 26.2. The number of nitrogens with zero attached hydrogens (tertiary/aromatic N) is 2. The van der Waals surface area contributed by atoms with Gasteiger partial charge in [0, 0.05) is 52.0 Å². The molecule has 0 aliphatic rings. The molecule has 0 aliphatic carbocycles. The van der Waals surface area contributed by atoms with Crippen molar-refractivity contribution in [3.8, 4) is 11.5 Å². The van der Waals surface area contributed by atoms with Gasteiger partial charge in [-0.3, -0.25) is 9.98 Å². The van der Waals surface area contributed by atoms with Crippen molar-refractivity contribution in [3.05, 3.63) is 59.7 Å². The van der Waals surface area contributed by atoms with Crippen LogP contribution < -0.4 is 10.2 Å². The second-order valence-corrected chi connectivity index (χ2v) is 6.18. The Bertz CT molecular complexity index is 659. The quantitative estimate of drug-likeness (QED) is 0.508. The Morgan fingerprint density at radius 3 is 1.46 bits per heavy atom. The number of benzene rings is 2. The largest absolute Gasteiger partial charge is 2.00 e. The molecule has 0 radical (unpaired) electrons. The van der Waals surface area contributed by atoms with Crippen LogP contribution in [-0.2, 0) is 32.0 Å². The molecular formula is C19H20MoN2O4-6. The molecule has 0 fully saturated rings. The van der Waals surface area contributed by atoms with Gasteiger partial charge in [-0.1, -0.05) is 62.4 Å². The van der Waals surface area contributed by atoms with Crippen molar-refractivity contribution >= 4 is 12.4 Å². The van der Waals surface area contributed by atoms with Crippen molar-refractivity contribution in [1.29, 1.82) is 0 Å². The Morgan fingerprint density at radius 1 is 0.769 bits per heavy atom. The Balaban J connectivity index is 0. The number of hydrogen-bond donors (Lipinski definition) is 0. The van der Waals surface area contributed by atoms with Crippen LogP contribution in [0, 0.1) is 5.41 Å². The maximum atomic E-state index is 11.6. The van der Waals surface area contributed by atoms with Gasteiger partial charge in [0.15, 0.2) is 0 Å². The van der Waals surface area contributed by atoms with Gasteiger partial charge < -0.3 is 21.2 Å². The minimum absolute atomic E-state index is 0. The molecule has 2 aromatic carbocycles. The number of hydrogen-bond acceptors (Lipinski definition) is 4. The van der Waals surface area contributed by atoms with Crippen molar-refractivity contribution < 1.29 is 42.2 Å². The zero-order chi connectivity index (χ0) is 16.7. The van der Waals surface area contributed by atoms with Gasteiger partial charge >= 0.3 is 0 Å². The van der Waals surface area contributed by atoms with Crippen LogP contribution in [0.2, 0.25) is 0 Å². The molecule has 0 atom stereocenters. The van der Waals surface area contributed by atoms with E-state index in [1.54, 1.807) is 36.7 Å². The van der Waals surface area contributed by atoms with Gasteiger partial charge in [-0.2, -0.15) is 0 Å². The van der Waals surface area contributed by atoms with Crippen molar-refractivity contribution in [1.82, 2.24) is 0 Å². The molecule has 2 aromatic rings. The summed E-state index contributed by atoms with van der Waals surface area (Å²) in [6, 6.07) is 13.6. The Labute approximate surface area is 168 Å². The predicted octanol–water partition coefficient (Wildman–Crippen LogP) is 2.16. The first-order chi connectivity index (χ1) is 11.0. The summed E-state index contributed by atoms with van der Waals surface area (Å²) >= 11 is 0. The fraction of sp³-hybridized carbons (Fsp3) is 0.263. The third-order valence-electron chi connectivity index (χ3n) is 3.34. The molecule has 26 heavy (non-hydrogen) atoms. The predicted molar refractivity (Wildman–Crippen MR) is 91.9 cm³/mol. The van der Waals surface area contributed by atoms with Gasteiger partial charge in [0.05, 0.1) is 0 Å². The molecule has 0 saturated heterocycles. The van der Waals surface area contributed by atoms with Crippen LogP contribution in [-0.4, -0.2) is 25.5 Å². The van der Waals surface area contributed by atoms with E-state index in [0.717, 1.165) is 0 Å². The molecule has 7 heteroatoms. The monoisotopic (exact) mass is 438 g/mol.